The average Bonchev–Trinajstić information content (AvgIpc) is 2.53. The third-order valence-electron chi connectivity index (χ3n) is 3.73. The van der Waals surface area contributed by atoms with Crippen molar-refractivity contribution in [1.82, 2.24) is 0 Å². The highest BCUT2D eigenvalue weighted by molar-refractivity contribution is 5.86. The Morgan fingerprint density at radius 2 is 1.59 bits per heavy atom. The molecule has 0 aliphatic carbocycles. The molecule has 114 valence electrons. The molecule has 22 heavy (non-hydrogen) atoms. The van der Waals surface area contributed by atoms with Gasteiger partial charge in [0.05, 0.1) is 0 Å². The lowest BCUT2D eigenvalue weighted by Crippen LogP contribution is -2.03. The highest BCUT2D eigenvalue weighted by atomic mass is 19.1. The van der Waals surface area contributed by atoms with Crippen LogP contribution in [0.5, 0.6) is 0 Å². The van der Waals surface area contributed by atoms with Crippen LogP contribution in [0.2, 0.25) is 0 Å². The molecule has 2 aromatic rings. The molecule has 0 fully saturated rings. The Morgan fingerprint density at radius 3 is 2.05 bits per heavy atom. The summed E-state index contributed by atoms with van der Waals surface area (Å²) < 4.78 is 13.1. The summed E-state index contributed by atoms with van der Waals surface area (Å²) in [4.78, 5) is 11.1. The maximum Gasteiger partial charge on any atom is 0.330 e. The van der Waals surface area contributed by atoms with Crippen molar-refractivity contribution in [1.29, 1.82) is 0 Å². The molecular weight excluding hydrogens is 279 g/mol. The van der Waals surface area contributed by atoms with Crippen molar-refractivity contribution in [2.45, 2.75) is 26.2 Å². The van der Waals surface area contributed by atoms with Crippen molar-refractivity contribution in [3.8, 4) is 0 Å². The van der Waals surface area contributed by atoms with Crippen molar-refractivity contribution in [3.05, 3.63) is 82.7 Å². The van der Waals surface area contributed by atoms with Crippen LogP contribution in [0, 0.1) is 5.82 Å². The average molecular weight is 298 g/mol. The minimum Gasteiger partial charge on any atom is -0.478 e. The molecule has 2 aromatic carbocycles. The molecule has 0 bridgehead atoms. The maximum atomic E-state index is 13.1. The Balaban J connectivity index is 2.46. The smallest absolute Gasteiger partial charge is 0.330 e. The normalized spacial score (nSPS) is 13.0. The Kier molecular flexibility index (Phi) is 5.10. The molecule has 0 heterocycles. The van der Waals surface area contributed by atoms with E-state index in [1.807, 2.05) is 24.3 Å². The van der Waals surface area contributed by atoms with Crippen LogP contribution < -0.4 is 0 Å². The van der Waals surface area contributed by atoms with Crippen molar-refractivity contribution < 1.29 is 14.3 Å². The van der Waals surface area contributed by atoms with E-state index in [2.05, 4.69) is 6.92 Å². The predicted octanol–water partition coefficient (Wildman–Crippen LogP) is 4.55. The molecule has 0 aromatic heterocycles. The molecule has 3 heteroatoms. The third-order valence-corrected chi connectivity index (χ3v) is 3.73. The number of aryl methyl sites for hydroxylation is 1. The van der Waals surface area contributed by atoms with E-state index in [0.29, 0.717) is 0 Å². The molecule has 1 atom stereocenters. The number of rotatable bonds is 5. The molecule has 0 saturated carbocycles. The summed E-state index contributed by atoms with van der Waals surface area (Å²) in [5.41, 5.74) is 3.35. The van der Waals surface area contributed by atoms with E-state index in [9.17, 15) is 9.18 Å². The topological polar surface area (TPSA) is 37.3 Å². The summed E-state index contributed by atoms with van der Waals surface area (Å²) in [5, 5.41) is 9.12. The van der Waals surface area contributed by atoms with E-state index in [4.69, 9.17) is 5.11 Å². The fourth-order valence-electron chi connectivity index (χ4n) is 2.34. The lowest BCUT2D eigenvalue weighted by atomic mass is 9.89. The van der Waals surface area contributed by atoms with Crippen LogP contribution in [-0.4, -0.2) is 11.1 Å². The van der Waals surface area contributed by atoms with Gasteiger partial charge in [0.2, 0.25) is 0 Å². The zero-order valence-electron chi connectivity index (χ0n) is 12.7. The molecule has 0 radical (unpaired) electrons. The number of halogens is 1. The van der Waals surface area contributed by atoms with Gasteiger partial charge in [0.15, 0.2) is 0 Å². The van der Waals surface area contributed by atoms with Gasteiger partial charge in [0.25, 0.3) is 0 Å². The van der Waals surface area contributed by atoms with Gasteiger partial charge >= 0.3 is 5.97 Å². The fourth-order valence-corrected chi connectivity index (χ4v) is 2.34. The molecule has 0 aliphatic rings. The second-order valence-electron chi connectivity index (χ2n) is 5.28. The summed E-state index contributed by atoms with van der Waals surface area (Å²) in [6.45, 7) is 3.65. The van der Waals surface area contributed by atoms with Gasteiger partial charge in [-0.1, -0.05) is 49.4 Å². The Morgan fingerprint density at radius 1 is 1.09 bits per heavy atom. The zero-order chi connectivity index (χ0) is 16.1. The van der Waals surface area contributed by atoms with Crippen molar-refractivity contribution >= 4 is 5.97 Å². The number of carboxylic acid groups (broad SMARTS) is 1. The molecule has 0 spiro atoms. The second kappa shape index (κ2) is 7.03. The first-order valence-electron chi connectivity index (χ1n) is 7.27. The molecule has 0 saturated heterocycles. The van der Waals surface area contributed by atoms with E-state index >= 15 is 0 Å². The predicted molar refractivity (Wildman–Crippen MR) is 85.5 cm³/mol. The van der Waals surface area contributed by atoms with Crippen LogP contribution in [0.3, 0.4) is 0 Å². The van der Waals surface area contributed by atoms with Crippen molar-refractivity contribution in [2.75, 3.05) is 0 Å². The Labute approximate surface area is 129 Å². The lowest BCUT2D eigenvalue weighted by Gasteiger charge is -2.15. The van der Waals surface area contributed by atoms with Crippen LogP contribution in [0.1, 0.15) is 36.5 Å². The largest absolute Gasteiger partial charge is 0.478 e. The molecular formula is C19H19FO2. The van der Waals surface area contributed by atoms with Crippen molar-refractivity contribution in [2.24, 2.45) is 0 Å². The van der Waals surface area contributed by atoms with Crippen LogP contribution in [0.15, 0.2) is 60.2 Å². The number of allylic oxidation sites excluding steroid dienone is 1. The monoisotopic (exact) mass is 298 g/mol. The third kappa shape index (κ3) is 3.82. The van der Waals surface area contributed by atoms with E-state index in [-0.39, 0.29) is 17.3 Å². The number of carboxylic acids is 1. The lowest BCUT2D eigenvalue weighted by molar-refractivity contribution is -0.132. The van der Waals surface area contributed by atoms with E-state index in [1.165, 1.54) is 17.7 Å². The van der Waals surface area contributed by atoms with E-state index in [1.54, 1.807) is 25.1 Å². The van der Waals surface area contributed by atoms with Gasteiger partial charge in [0, 0.05) is 11.5 Å². The van der Waals surface area contributed by atoms with Crippen LogP contribution >= 0.6 is 0 Å². The number of benzene rings is 2. The molecule has 2 rings (SSSR count). The minimum atomic E-state index is -0.947. The van der Waals surface area contributed by atoms with Crippen LogP contribution in [0.4, 0.5) is 4.39 Å². The van der Waals surface area contributed by atoms with E-state index < -0.39 is 5.97 Å². The second-order valence-corrected chi connectivity index (χ2v) is 5.28. The minimum absolute atomic E-state index is 0.206. The van der Waals surface area contributed by atoms with Gasteiger partial charge in [0.1, 0.15) is 5.82 Å². The maximum absolute atomic E-state index is 13.1. The molecule has 1 unspecified atom stereocenters. The Hall–Kier alpha value is -2.42. The zero-order valence-corrected chi connectivity index (χ0v) is 12.7. The quantitative estimate of drug-likeness (QED) is 0.822. The standard InChI is InChI=1S/C19H19FO2/c1-3-14-4-6-15(7-5-14)18(12-13(2)19(21)22)16-8-10-17(20)11-9-16/h4-12,18H,3H2,1-2H3,(H,21,22). The molecule has 0 amide bonds. The summed E-state index contributed by atoms with van der Waals surface area (Å²) >= 11 is 0. The molecule has 1 N–H and O–H groups in total. The first kappa shape index (κ1) is 16.0. The fraction of sp³-hybridized carbons (Fsp3) is 0.211. The van der Waals surface area contributed by atoms with Gasteiger partial charge in [-0.2, -0.15) is 0 Å². The van der Waals surface area contributed by atoms with Crippen molar-refractivity contribution in [3.63, 3.8) is 0 Å². The Bertz CT molecular complexity index is 670. The molecule has 0 aliphatic heterocycles. The van der Waals surface area contributed by atoms with Gasteiger partial charge in [-0.25, -0.2) is 9.18 Å². The van der Waals surface area contributed by atoms with E-state index in [0.717, 1.165) is 17.5 Å². The van der Waals surface area contributed by atoms with Crippen LogP contribution in [-0.2, 0) is 11.2 Å². The highest BCUT2D eigenvalue weighted by Crippen LogP contribution is 2.28. The number of hydrogen-bond donors (Lipinski definition) is 1. The van der Waals surface area contributed by atoms with Crippen LogP contribution in [0.25, 0.3) is 0 Å². The first-order valence-corrected chi connectivity index (χ1v) is 7.27. The first-order chi connectivity index (χ1) is 10.5. The van der Waals surface area contributed by atoms with Gasteiger partial charge in [-0.3, -0.25) is 0 Å². The summed E-state index contributed by atoms with van der Waals surface area (Å²) in [5.74, 6) is -1.46. The summed E-state index contributed by atoms with van der Waals surface area (Å²) in [6.07, 6.45) is 2.65. The van der Waals surface area contributed by atoms with Gasteiger partial charge in [-0.05, 0) is 42.2 Å². The number of hydrogen-bond acceptors (Lipinski definition) is 1. The number of carbonyl (C=O) groups is 1. The highest BCUT2D eigenvalue weighted by Gasteiger charge is 2.14. The number of aliphatic carboxylic acids is 1. The van der Waals surface area contributed by atoms with Gasteiger partial charge in [-0.15, -0.1) is 0 Å². The summed E-state index contributed by atoms with van der Waals surface area (Å²) in [7, 11) is 0. The molecule has 2 nitrogen and oxygen atoms in total. The van der Waals surface area contributed by atoms with Gasteiger partial charge < -0.3 is 5.11 Å². The summed E-state index contributed by atoms with van der Waals surface area (Å²) in [6, 6.07) is 14.3. The SMILES string of the molecule is CCc1ccc(C(C=C(C)C(=O)O)c2ccc(F)cc2)cc1.